The third-order valence-electron chi connectivity index (χ3n) is 3.04. The Morgan fingerprint density at radius 3 is 2.43 bits per heavy atom. The van der Waals surface area contributed by atoms with Gasteiger partial charge in [0.05, 0.1) is 7.11 Å². The lowest BCUT2D eigenvalue weighted by molar-refractivity contribution is 0.177. The molecule has 0 spiro atoms. The van der Waals surface area contributed by atoms with Crippen LogP contribution in [0.15, 0.2) is 18.2 Å². The van der Waals surface area contributed by atoms with Gasteiger partial charge in [0.1, 0.15) is 29.8 Å². The zero-order valence-corrected chi connectivity index (χ0v) is 12.8. The number of methoxy groups -OCH3 is 2. The standard InChI is InChI=1S/C15H17F2N3O3/c1-22-8-14-19-13(7-15(20-14)23-2)18-4-3-10-11(16)5-9(21)6-12(10)17/h5-7,21H,3-4,8H2,1-2H3,(H,18,19,20). The van der Waals surface area contributed by atoms with Crippen molar-refractivity contribution in [1.82, 2.24) is 9.97 Å². The van der Waals surface area contributed by atoms with Crippen LogP contribution in [0.1, 0.15) is 11.4 Å². The van der Waals surface area contributed by atoms with Crippen LogP contribution in [-0.4, -0.2) is 35.8 Å². The minimum atomic E-state index is -0.787. The zero-order chi connectivity index (χ0) is 16.8. The van der Waals surface area contributed by atoms with E-state index in [1.54, 1.807) is 6.07 Å². The third-order valence-corrected chi connectivity index (χ3v) is 3.04. The van der Waals surface area contributed by atoms with Gasteiger partial charge in [-0.3, -0.25) is 0 Å². The summed E-state index contributed by atoms with van der Waals surface area (Å²) < 4.78 is 37.3. The summed E-state index contributed by atoms with van der Waals surface area (Å²) in [6.45, 7) is 0.457. The Balaban J connectivity index is 2.05. The van der Waals surface area contributed by atoms with Crippen LogP contribution in [0.5, 0.6) is 11.6 Å². The number of aromatic hydroxyl groups is 1. The Kier molecular flexibility index (Phi) is 5.64. The molecule has 0 fully saturated rings. The molecule has 2 N–H and O–H groups in total. The number of hydrogen-bond donors (Lipinski definition) is 2. The molecule has 2 rings (SSSR count). The number of benzene rings is 1. The molecule has 0 saturated heterocycles. The zero-order valence-electron chi connectivity index (χ0n) is 12.8. The van der Waals surface area contributed by atoms with Crippen molar-refractivity contribution in [2.45, 2.75) is 13.0 Å². The van der Waals surface area contributed by atoms with E-state index in [0.717, 1.165) is 12.1 Å². The Bertz CT molecular complexity index is 660. The molecule has 1 aromatic carbocycles. The molecular formula is C15H17F2N3O3. The van der Waals surface area contributed by atoms with Crippen molar-refractivity contribution >= 4 is 5.82 Å². The van der Waals surface area contributed by atoms with Crippen molar-refractivity contribution in [3.8, 4) is 11.6 Å². The summed E-state index contributed by atoms with van der Waals surface area (Å²) in [5, 5.41) is 12.1. The number of anilines is 1. The summed E-state index contributed by atoms with van der Waals surface area (Å²) in [4.78, 5) is 8.31. The number of rotatable bonds is 7. The van der Waals surface area contributed by atoms with Crippen LogP contribution in [0, 0.1) is 11.6 Å². The predicted molar refractivity (Wildman–Crippen MR) is 79.5 cm³/mol. The average molecular weight is 325 g/mol. The molecule has 0 aliphatic heterocycles. The molecule has 23 heavy (non-hydrogen) atoms. The fraction of sp³-hybridized carbons (Fsp3) is 0.333. The number of phenols is 1. The van der Waals surface area contributed by atoms with Crippen LogP contribution in [0.3, 0.4) is 0 Å². The van der Waals surface area contributed by atoms with Crippen molar-refractivity contribution in [1.29, 1.82) is 0 Å². The van der Waals surface area contributed by atoms with E-state index in [2.05, 4.69) is 15.3 Å². The monoisotopic (exact) mass is 325 g/mol. The van der Waals surface area contributed by atoms with Gasteiger partial charge < -0.3 is 19.9 Å². The minimum Gasteiger partial charge on any atom is -0.508 e. The molecule has 124 valence electrons. The van der Waals surface area contributed by atoms with Gasteiger partial charge in [-0.2, -0.15) is 4.98 Å². The second-order valence-corrected chi connectivity index (χ2v) is 4.71. The van der Waals surface area contributed by atoms with Crippen molar-refractivity contribution in [2.24, 2.45) is 0 Å². The van der Waals surface area contributed by atoms with Gasteiger partial charge in [-0.25, -0.2) is 13.8 Å². The molecule has 0 aliphatic carbocycles. The Hall–Kier alpha value is -2.48. The lowest BCUT2D eigenvalue weighted by Crippen LogP contribution is -2.11. The van der Waals surface area contributed by atoms with Crippen LogP contribution in [0.25, 0.3) is 0 Å². The van der Waals surface area contributed by atoms with E-state index in [-0.39, 0.29) is 25.1 Å². The van der Waals surface area contributed by atoms with E-state index in [1.807, 2.05) is 0 Å². The van der Waals surface area contributed by atoms with E-state index in [4.69, 9.17) is 14.6 Å². The van der Waals surface area contributed by atoms with Crippen molar-refractivity contribution < 1.29 is 23.4 Å². The largest absolute Gasteiger partial charge is 0.508 e. The number of halogens is 2. The Morgan fingerprint density at radius 1 is 1.13 bits per heavy atom. The number of ether oxygens (including phenoxy) is 2. The maximum atomic E-state index is 13.6. The predicted octanol–water partition coefficient (Wildman–Crippen LogP) is 2.27. The highest BCUT2D eigenvalue weighted by molar-refractivity contribution is 5.39. The molecule has 8 heteroatoms. The summed E-state index contributed by atoms with van der Waals surface area (Å²) in [6.07, 6.45) is 0.0872. The van der Waals surface area contributed by atoms with E-state index < -0.39 is 17.4 Å². The molecule has 1 aromatic heterocycles. The van der Waals surface area contributed by atoms with Gasteiger partial charge in [0.15, 0.2) is 5.82 Å². The van der Waals surface area contributed by atoms with Gasteiger partial charge in [-0.05, 0) is 6.42 Å². The minimum absolute atomic E-state index is 0.0872. The van der Waals surface area contributed by atoms with Gasteiger partial charge in [0.25, 0.3) is 0 Å². The lowest BCUT2D eigenvalue weighted by Gasteiger charge is -2.10. The number of hydrogen-bond acceptors (Lipinski definition) is 6. The first-order valence-corrected chi connectivity index (χ1v) is 6.85. The van der Waals surface area contributed by atoms with Gasteiger partial charge in [-0.1, -0.05) is 0 Å². The topological polar surface area (TPSA) is 76.5 Å². The molecule has 0 saturated carbocycles. The molecule has 0 radical (unpaired) electrons. The first-order valence-electron chi connectivity index (χ1n) is 6.85. The molecule has 0 aliphatic rings. The quantitative estimate of drug-likeness (QED) is 0.813. The van der Waals surface area contributed by atoms with Crippen LogP contribution in [0.2, 0.25) is 0 Å². The second-order valence-electron chi connectivity index (χ2n) is 4.71. The van der Waals surface area contributed by atoms with Crippen molar-refractivity contribution in [3.63, 3.8) is 0 Å². The maximum absolute atomic E-state index is 13.6. The maximum Gasteiger partial charge on any atom is 0.218 e. The highest BCUT2D eigenvalue weighted by atomic mass is 19.1. The highest BCUT2D eigenvalue weighted by Gasteiger charge is 2.11. The molecule has 2 aromatic rings. The summed E-state index contributed by atoms with van der Waals surface area (Å²) in [6, 6.07) is 3.33. The van der Waals surface area contributed by atoms with Gasteiger partial charge in [0, 0.05) is 37.4 Å². The SMILES string of the molecule is COCc1nc(NCCc2c(F)cc(O)cc2F)cc(OC)n1. The van der Waals surface area contributed by atoms with E-state index in [1.165, 1.54) is 14.2 Å². The van der Waals surface area contributed by atoms with E-state index in [9.17, 15) is 8.78 Å². The molecule has 0 atom stereocenters. The molecule has 0 amide bonds. The van der Waals surface area contributed by atoms with Crippen LogP contribution in [0.4, 0.5) is 14.6 Å². The summed E-state index contributed by atoms with van der Waals surface area (Å²) >= 11 is 0. The molecule has 6 nitrogen and oxygen atoms in total. The van der Waals surface area contributed by atoms with Gasteiger partial charge in [-0.15, -0.1) is 0 Å². The normalized spacial score (nSPS) is 10.6. The molecule has 0 unspecified atom stereocenters. The Morgan fingerprint density at radius 2 is 1.83 bits per heavy atom. The fourth-order valence-electron chi connectivity index (χ4n) is 2.01. The number of phenolic OH excluding ortho intramolecular Hbond substituents is 1. The van der Waals surface area contributed by atoms with Crippen molar-refractivity contribution in [3.05, 3.63) is 41.2 Å². The first kappa shape index (κ1) is 16.9. The highest BCUT2D eigenvalue weighted by Crippen LogP contribution is 2.20. The van der Waals surface area contributed by atoms with Gasteiger partial charge in [0.2, 0.25) is 5.88 Å². The summed E-state index contributed by atoms with van der Waals surface area (Å²) in [5.41, 5.74) is -0.103. The summed E-state index contributed by atoms with van der Waals surface area (Å²) in [5.74, 6) is -0.771. The number of nitrogens with zero attached hydrogens (tertiary/aromatic N) is 2. The third kappa shape index (κ3) is 4.49. The summed E-state index contributed by atoms with van der Waals surface area (Å²) in [7, 11) is 3.00. The van der Waals surface area contributed by atoms with Crippen LogP contribution < -0.4 is 10.1 Å². The second kappa shape index (κ2) is 7.68. The fourth-order valence-corrected chi connectivity index (χ4v) is 2.01. The Labute approximate surface area is 132 Å². The van der Waals surface area contributed by atoms with Crippen LogP contribution in [-0.2, 0) is 17.8 Å². The molecular weight excluding hydrogens is 308 g/mol. The molecule has 1 heterocycles. The van der Waals surface area contributed by atoms with E-state index >= 15 is 0 Å². The molecule has 0 bridgehead atoms. The number of aromatic nitrogens is 2. The van der Waals surface area contributed by atoms with E-state index in [0.29, 0.717) is 17.5 Å². The van der Waals surface area contributed by atoms with Gasteiger partial charge >= 0.3 is 0 Å². The average Bonchev–Trinajstić information content (AvgIpc) is 2.50. The van der Waals surface area contributed by atoms with Crippen molar-refractivity contribution in [2.75, 3.05) is 26.1 Å². The lowest BCUT2D eigenvalue weighted by atomic mass is 10.1. The number of nitrogens with one attached hydrogen (secondary N) is 1. The first-order chi connectivity index (χ1) is 11.0. The van der Waals surface area contributed by atoms with Crippen LogP contribution >= 0.6 is 0 Å². The smallest absolute Gasteiger partial charge is 0.218 e.